The summed E-state index contributed by atoms with van der Waals surface area (Å²) < 4.78 is 0. The van der Waals surface area contributed by atoms with Crippen LogP contribution in [0.15, 0.2) is 24.3 Å². The van der Waals surface area contributed by atoms with E-state index in [1.54, 1.807) is 12.1 Å². The fourth-order valence-electron chi connectivity index (χ4n) is 2.56. The molecule has 6 N–H and O–H groups in total. The number of phenolic OH excluding ortho intramolecular Hbond substituents is 1. The summed E-state index contributed by atoms with van der Waals surface area (Å²) in [7, 11) is 0. The van der Waals surface area contributed by atoms with Gasteiger partial charge < -0.3 is 26.8 Å². The summed E-state index contributed by atoms with van der Waals surface area (Å²) in [5, 5.41) is 17.5. The predicted octanol–water partition coefficient (Wildman–Crippen LogP) is -1.23. The molecule has 0 radical (unpaired) electrons. The lowest BCUT2D eigenvalue weighted by molar-refractivity contribution is -0.130. The van der Waals surface area contributed by atoms with Gasteiger partial charge in [0.25, 0.3) is 0 Å². The molecular weight excluding hydrogens is 312 g/mol. The van der Waals surface area contributed by atoms with Crippen molar-refractivity contribution in [1.82, 2.24) is 16.0 Å². The maximum atomic E-state index is 12.3. The van der Waals surface area contributed by atoms with E-state index >= 15 is 0 Å². The zero-order valence-electron chi connectivity index (χ0n) is 13.2. The smallest absolute Gasteiger partial charge is 0.243 e. The average Bonchev–Trinajstić information content (AvgIpc) is 3.08. The first-order valence-corrected chi connectivity index (χ1v) is 7.83. The van der Waals surface area contributed by atoms with Crippen molar-refractivity contribution in [1.29, 1.82) is 0 Å². The standard InChI is InChI=1S/C16H22N4O4/c17-14(22)9-19-15(23)13(8-10-3-5-11(21)6-4-10)20-16(24)12-2-1-7-18-12/h3-6,12-13,18,21H,1-2,7-9H2,(H2,17,22)(H,19,23)(H,20,24). The van der Waals surface area contributed by atoms with Crippen molar-refractivity contribution in [2.45, 2.75) is 31.3 Å². The number of amides is 3. The molecule has 1 heterocycles. The maximum absolute atomic E-state index is 12.3. The molecule has 1 aliphatic rings. The maximum Gasteiger partial charge on any atom is 0.243 e. The van der Waals surface area contributed by atoms with Gasteiger partial charge in [0.2, 0.25) is 17.7 Å². The molecule has 1 aromatic carbocycles. The summed E-state index contributed by atoms with van der Waals surface area (Å²) in [6.07, 6.45) is 1.87. The number of carbonyl (C=O) groups excluding carboxylic acids is 3. The average molecular weight is 334 g/mol. The van der Waals surface area contributed by atoms with Crippen molar-refractivity contribution in [2.24, 2.45) is 5.73 Å². The molecule has 0 bridgehead atoms. The van der Waals surface area contributed by atoms with Crippen LogP contribution in [0.3, 0.4) is 0 Å². The summed E-state index contributed by atoms with van der Waals surface area (Å²) in [6.45, 7) is 0.483. The molecule has 2 rings (SSSR count). The van der Waals surface area contributed by atoms with Crippen LogP contribution in [0.25, 0.3) is 0 Å². The van der Waals surface area contributed by atoms with E-state index in [1.807, 2.05) is 0 Å². The second kappa shape index (κ2) is 8.30. The second-order valence-corrected chi connectivity index (χ2v) is 5.76. The van der Waals surface area contributed by atoms with Crippen LogP contribution in [0, 0.1) is 0 Å². The van der Waals surface area contributed by atoms with Crippen LogP contribution in [-0.2, 0) is 20.8 Å². The highest BCUT2D eigenvalue weighted by atomic mass is 16.3. The normalized spacial score (nSPS) is 17.9. The number of benzene rings is 1. The number of primary amides is 1. The van der Waals surface area contributed by atoms with Gasteiger partial charge in [0.1, 0.15) is 11.8 Å². The number of nitrogens with two attached hydrogens (primary N) is 1. The summed E-state index contributed by atoms with van der Waals surface area (Å²) in [4.78, 5) is 35.4. The first-order valence-electron chi connectivity index (χ1n) is 7.83. The van der Waals surface area contributed by atoms with E-state index in [4.69, 9.17) is 5.73 Å². The highest BCUT2D eigenvalue weighted by Gasteiger charge is 2.27. The van der Waals surface area contributed by atoms with Crippen molar-refractivity contribution in [3.05, 3.63) is 29.8 Å². The summed E-state index contributed by atoms with van der Waals surface area (Å²) in [5.74, 6) is -1.26. The van der Waals surface area contributed by atoms with E-state index in [0.29, 0.717) is 0 Å². The Morgan fingerprint density at radius 3 is 2.58 bits per heavy atom. The molecule has 8 nitrogen and oxygen atoms in total. The van der Waals surface area contributed by atoms with Gasteiger partial charge in [0, 0.05) is 6.42 Å². The second-order valence-electron chi connectivity index (χ2n) is 5.76. The largest absolute Gasteiger partial charge is 0.508 e. The third kappa shape index (κ3) is 5.24. The van der Waals surface area contributed by atoms with Gasteiger partial charge in [-0.25, -0.2) is 0 Å². The van der Waals surface area contributed by atoms with Crippen molar-refractivity contribution in [3.8, 4) is 5.75 Å². The zero-order chi connectivity index (χ0) is 17.5. The third-order valence-electron chi connectivity index (χ3n) is 3.82. The van der Waals surface area contributed by atoms with Crippen molar-refractivity contribution < 1.29 is 19.5 Å². The van der Waals surface area contributed by atoms with Crippen LogP contribution in [0.2, 0.25) is 0 Å². The van der Waals surface area contributed by atoms with Crippen LogP contribution in [0.4, 0.5) is 0 Å². The molecule has 2 unspecified atom stereocenters. The molecule has 1 aromatic rings. The lowest BCUT2D eigenvalue weighted by Gasteiger charge is -2.20. The van der Waals surface area contributed by atoms with Crippen molar-refractivity contribution in [3.63, 3.8) is 0 Å². The van der Waals surface area contributed by atoms with Crippen LogP contribution in [0.1, 0.15) is 18.4 Å². The molecule has 0 aliphatic carbocycles. The monoisotopic (exact) mass is 334 g/mol. The fraction of sp³-hybridized carbons (Fsp3) is 0.438. The SMILES string of the molecule is NC(=O)CNC(=O)C(Cc1ccc(O)cc1)NC(=O)C1CCCN1. The van der Waals surface area contributed by atoms with Crippen LogP contribution in [0.5, 0.6) is 5.75 Å². The summed E-state index contributed by atoms with van der Waals surface area (Å²) >= 11 is 0. The van der Waals surface area contributed by atoms with Gasteiger partial charge in [0.15, 0.2) is 0 Å². The number of carbonyl (C=O) groups is 3. The molecule has 0 aromatic heterocycles. The van der Waals surface area contributed by atoms with E-state index in [-0.39, 0.29) is 30.7 Å². The van der Waals surface area contributed by atoms with E-state index in [9.17, 15) is 19.5 Å². The molecule has 0 spiro atoms. The lowest BCUT2D eigenvalue weighted by Crippen LogP contribution is -2.53. The van der Waals surface area contributed by atoms with Gasteiger partial charge in [-0.3, -0.25) is 14.4 Å². The molecular formula is C16H22N4O4. The minimum atomic E-state index is -0.830. The topological polar surface area (TPSA) is 134 Å². The third-order valence-corrected chi connectivity index (χ3v) is 3.82. The van der Waals surface area contributed by atoms with E-state index < -0.39 is 17.9 Å². The quantitative estimate of drug-likeness (QED) is 0.426. The zero-order valence-corrected chi connectivity index (χ0v) is 13.2. The van der Waals surface area contributed by atoms with Gasteiger partial charge in [-0.05, 0) is 37.1 Å². The molecule has 2 atom stereocenters. The Bertz CT molecular complexity index is 597. The number of aromatic hydroxyl groups is 1. The number of hydrogen-bond donors (Lipinski definition) is 5. The van der Waals surface area contributed by atoms with Crippen LogP contribution in [-0.4, -0.2) is 48.0 Å². The lowest BCUT2D eigenvalue weighted by atomic mass is 10.0. The molecule has 0 saturated carbocycles. The Balaban J connectivity index is 2.04. The van der Waals surface area contributed by atoms with Crippen LogP contribution >= 0.6 is 0 Å². The Morgan fingerprint density at radius 1 is 1.29 bits per heavy atom. The van der Waals surface area contributed by atoms with E-state index in [0.717, 1.165) is 24.9 Å². The van der Waals surface area contributed by atoms with Crippen molar-refractivity contribution in [2.75, 3.05) is 13.1 Å². The number of rotatable bonds is 7. The molecule has 1 saturated heterocycles. The van der Waals surface area contributed by atoms with E-state index in [1.165, 1.54) is 12.1 Å². The predicted molar refractivity (Wildman–Crippen MR) is 87.0 cm³/mol. The molecule has 130 valence electrons. The molecule has 3 amide bonds. The minimum absolute atomic E-state index is 0.118. The van der Waals surface area contributed by atoms with Crippen molar-refractivity contribution >= 4 is 17.7 Å². The highest BCUT2D eigenvalue weighted by molar-refractivity contribution is 5.91. The van der Waals surface area contributed by atoms with E-state index in [2.05, 4.69) is 16.0 Å². The Labute approximate surface area is 139 Å². The van der Waals surface area contributed by atoms with Gasteiger partial charge in [-0.15, -0.1) is 0 Å². The first kappa shape index (κ1) is 17.7. The van der Waals surface area contributed by atoms with Gasteiger partial charge >= 0.3 is 0 Å². The van der Waals surface area contributed by atoms with Gasteiger partial charge in [-0.1, -0.05) is 12.1 Å². The number of hydrogen-bond acceptors (Lipinski definition) is 5. The van der Waals surface area contributed by atoms with Gasteiger partial charge in [0.05, 0.1) is 12.6 Å². The highest BCUT2D eigenvalue weighted by Crippen LogP contribution is 2.12. The van der Waals surface area contributed by atoms with Crippen LogP contribution < -0.4 is 21.7 Å². The Hall–Kier alpha value is -2.61. The Kier molecular flexibility index (Phi) is 6.14. The first-order chi connectivity index (χ1) is 11.5. The molecule has 24 heavy (non-hydrogen) atoms. The van der Waals surface area contributed by atoms with Gasteiger partial charge in [-0.2, -0.15) is 0 Å². The minimum Gasteiger partial charge on any atom is -0.508 e. The molecule has 1 aliphatic heterocycles. The fourth-order valence-corrected chi connectivity index (χ4v) is 2.56. The summed E-state index contributed by atoms with van der Waals surface area (Å²) in [6, 6.07) is 5.22. The number of nitrogens with one attached hydrogen (secondary N) is 3. The summed E-state index contributed by atoms with van der Waals surface area (Å²) in [5.41, 5.74) is 5.80. The number of phenols is 1. The molecule has 8 heteroatoms. The Morgan fingerprint density at radius 2 is 2.00 bits per heavy atom. The molecule has 1 fully saturated rings.